The number of hydrogen-bond donors (Lipinski definition) is 0. The van der Waals surface area contributed by atoms with Crippen LogP contribution in [0.1, 0.15) is 11.1 Å². The monoisotopic (exact) mass is 270 g/mol. The summed E-state index contributed by atoms with van der Waals surface area (Å²) in [7, 11) is 4.88. The van der Waals surface area contributed by atoms with Gasteiger partial charge in [0.05, 0.1) is 26.9 Å². The zero-order valence-corrected chi connectivity index (χ0v) is 11.9. The third-order valence-corrected chi connectivity index (χ3v) is 3.00. The zero-order chi connectivity index (χ0) is 14.4. The van der Waals surface area contributed by atoms with Crippen LogP contribution in [0.5, 0.6) is 17.2 Å². The maximum Gasteiger partial charge on any atom is 0.133 e. The molecule has 0 heterocycles. The van der Waals surface area contributed by atoms with Crippen LogP contribution in [0, 0.1) is 0 Å². The van der Waals surface area contributed by atoms with E-state index in [2.05, 4.69) is 0 Å². The molecule has 0 radical (unpaired) electrons. The quantitative estimate of drug-likeness (QED) is 0.772. The standard InChI is InChI=1S/C17H18O3/c1-18-14-11-16(19-2)15(17(12-14)20-3)10-9-13-7-5-4-6-8-13/h4-12H,1-3H3. The molecule has 0 aliphatic heterocycles. The Hall–Kier alpha value is -2.42. The summed E-state index contributed by atoms with van der Waals surface area (Å²) >= 11 is 0. The molecule has 0 aliphatic rings. The summed E-state index contributed by atoms with van der Waals surface area (Å²) in [5, 5.41) is 0. The van der Waals surface area contributed by atoms with E-state index in [9.17, 15) is 0 Å². The van der Waals surface area contributed by atoms with Crippen molar-refractivity contribution in [2.45, 2.75) is 0 Å². The van der Waals surface area contributed by atoms with Crippen LogP contribution in [0.15, 0.2) is 42.5 Å². The van der Waals surface area contributed by atoms with Gasteiger partial charge in [0.2, 0.25) is 0 Å². The molecule has 2 rings (SSSR count). The molecule has 0 spiro atoms. The van der Waals surface area contributed by atoms with E-state index >= 15 is 0 Å². The molecule has 0 aromatic heterocycles. The van der Waals surface area contributed by atoms with Gasteiger partial charge in [-0.05, 0) is 11.6 Å². The number of hydrogen-bond acceptors (Lipinski definition) is 3. The fourth-order valence-electron chi connectivity index (χ4n) is 1.94. The van der Waals surface area contributed by atoms with E-state index in [1.54, 1.807) is 21.3 Å². The van der Waals surface area contributed by atoms with E-state index in [4.69, 9.17) is 14.2 Å². The molecule has 0 fully saturated rings. The predicted molar refractivity (Wildman–Crippen MR) is 81.5 cm³/mol. The minimum absolute atomic E-state index is 0.704. The number of methoxy groups -OCH3 is 3. The van der Waals surface area contributed by atoms with Crippen molar-refractivity contribution in [3.05, 3.63) is 53.6 Å². The lowest BCUT2D eigenvalue weighted by Crippen LogP contribution is -1.94. The summed E-state index contributed by atoms with van der Waals surface area (Å²) in [6.07, 6.45) is 4.00. The number of rotatable bonds is 5. The van der Waals surface area contributed by atoms with Crippen LogP contribution in [0.2, 0.25) is 0 Å². The first-order valence-electron chi connectivity index (χ1n) is 6.31. The van der Waals surface area contributed by atoms with E-state index < -0.39 is 0 Å². The molecule has 2 aromatic carbocycles. The lowest BCUT2D eigenvalue weighted by Gasteiger charge is -2.12. The Morgan fingerprint density at radius 3 is 1.85 bits per heavy atom. The van der Waals surface area contributed by atoms with Crippen LogP contribution in [0.25, 0.3) is 12.2 Å². The van der Waals surface area contributed by atoms with Gasteiger partial charge >= 0.3 is 0 Å². The number of benzene rings is 2. The van der Waals surface area contributed by atoms with Crippen LogP contribution in [-0.4, -0.2) is 21.3 Å². The summed E-state index contributed by atoms with van der Waals surface area (Å²) in [5.74, 6) is 2.14. The van der Waals surface area contributed by atoms with E-state index in [0.29, 0.717) is 17.2 Å². The lowest BCUT2D eigenvalue weighted by molar-refractivity contribution is 0.374. The maximum atomic E-state index is 5.41. The third-order valence-electron chi connectivity index (χ3n) is 3.00. The summed E-state index contributed by atoms with van der Waals surface area (Å²) in [6.45, 7) is 0. The molecule has 20 heavy (non-hydrogen) atoms. The maximum absolute atomic E-state index is 5.41. The van der Waals surface area contributed by atoms with Crippen LogP contribution >= 0.6 is 0 Å². The summed E-state index contributed by atoms with van der Waals surface area (Å²) in [6, 6.07) is 13.8. The Balaban J connectivity index is 2.42. The molecule has 0 amide bonds. The second-order valence-electron chi connectivity index (χ2n) is 4.19. The molecule has 3 heteroatoms. The molecule has 3 nitrogen and oxygen atoms in total. The van der Waals surface area contributed by atoms with Crippen molar-refractivity contribution in [1.82, 2.24) is 0 Å². The van der Waals surface area contributed by atoms with Gasteiger partial charge in [-0.1, -0.05) is 36.4 Å². The van der Waals surface area contributed by atoms with Crippen LogP contribution in [0.3, 0.4) is 0 Å². The van der Waals surface area contributed by atoms with Crippen LogP contribution in [0.4, 0.5) is 0 Å². The highest BCUT2D eigenvalue weighted by molar-refractivity contribution is 5.76. The normalized spacial score (nSPS) is 10.6. The van der Waals surface area contributed by atoms with Gasteiger partial charge in [-0.3, -0.25) is 0 Å². The molecule has 0 aliphatic carbocycles. The fraction of sp³-hybridized carbons (Fsp3) is 0.176. The lowest BCUT2D eigenvalue weighted by atomic mass is 10.1. The average Bonchev–Trinajstić information content (AvgIpc) is 2.52. The summed E-state index contributed by atoms with van der Waals surface area (Å²) in [5.41, 5.74) is 2.01. The van der Waals surface area contributed by atoms with E-state index in [1.807, 2.05) is 54.6 Å². The Labute approximate surface area is 119 Å². The molecule has 2 aromatic rings. The van der Waals surface area contributed by atoms with Crippen LogP contribution < -0.4 is 14.2 Å². The molecule has 0 saturated heterocycles. The Bertz CT molecular complexity index is 563. The third kappa shape index (κ3) is 3.12. The zero-order valence-electron chi connectivity index (χ0n) is 11.9. The predicted octanol–water partition coefficient (Wildman–Crippen LogP) is 3.88. The first-order valence-corrected chi connectivity index (χ1v) is 6.31. The van der Waals surface area contributed by atoms with Gasteiger partial charge in [0.1, 0.15) is 17.2 Å². The average molecular weight is 270 g/mol. The van der Waals surface area contributed by atoms with Gasteiger partial charge in [0.25, 0.3) is 0 Å². The topological polar surface area (TPSA) is 27.7 Å². The van der Waals surface area contributed by atoms with Gasteiger partial charge in [-0.15, -0.1) is 0 Å². The number of ether oxygens (including phenoxy) is 3. The first-order chi connectivity index (χ1) is 9.78. The molecule has 0 bridgehead atoms. The van der Waals surface area contributed by atoms with Crippen molar-refractivity contribution >= 4 is 12.2 Å². The van der Waals surface area contributed by atoms with Crippen molar-refractivity contribution in [1.29, 1.82) is 0 Å². The van der Waals surface area contributed by atoms with Crippen molar-refractivity contribution in [3.8, 4) is 17.2 Å². The van der Waals surface area contributed by atoms with Crippen molar-refractivity contribution < 1.29 is 14.2 Å². The largest absolute Gasteiger partial charge is 0.496 e. The van der Waals surface area contributed by atoms with E-state index in [-0.39, 0.29) is 0 Å². The Morgan fingerprint density at radius 1 is 0.750 bits per heavy atom. The molecule has 0 N–H and O–H groups in total. The Morgan fingerprint density at radius 2 is 1.35 bits per heavy atom. The van der Waals surface area contributed by atoms with Gasteiger partial charge < -0.3 is 14.2 Å². The van der Waals surface area contributed by atoms with Crippen molar-refractivity contribution in [2.24, 2.45) is 0 Å². The highest BCUT2D eigenvalue weighted by Crippen LogP contribution is 2.35. The Kier molecular flexibility index (Phi) is 4.66. The fourth-order valence-corrected chi connectivity index (χ4v) is 1.94. The second kappa shape index (κ2) is 6.66. The molecule has 104 valence electrons. The highest BCUT2D eigenvalue weighted by Gasteiger charge is 2.10. The minimum atomic E-state index is 0.704. The molecule has 0 atom stereocenters. The molecule has 0 saturated carbocycles. The summed E-state index contributed by atoms with van der Waals surface area (Å²) < 4.78 is 16.0. The molecule has 0 unspecified atom stereocenters. The van der Waals surface area contributed by atoms with Gasteiger partial charge in [0, 0.05) is 12.1 Å². The van der Waals surface area contributed by atoms with Crippen molar-refractivity contribution in [2.75, 3.05) is 21.3 Å². The van der Waals surface area contributed by atoms with E-state index in [1.165, 1.54) is 0 Å². The molecular weight excluding hydrogens is 252 g/mol. The van der Waals surface area contributed by atoms with Gasteiger partial charge in [-0.2, -0.15) is 0 Å². The van der Waals surface area contributed by atoms with Gasteiger partial charge in [-0.25, -0.2) is 0 Å². The van der Waals surface area contributed by atoms with Crippen LogP contribution in [-0.2, 0) is 0 Å². The minimum Gasteiger partial charge on any atom is -0.496 e. The SMILES string of the molecule is COc1cc(OC)c(C=Cc2ccccc2)c(OC)c1. The molecular formula is C17H18O3. The second-order valence-corrected chi connectivity index (χ2v) is 4.19. The summed E-state index contributed by atoms with van der Waals surface area (Å²) in [4.78, 5) is 0. The smallest absolute Gasteiger partial charge is 0.133 e. The van der Waals surface area contributed by atoms with Gasteiger partial charge in [0.15, 0.2) is 0 Å². The first kappa shape index (κ1) is 14.0. The van der Waals surface area contributed by atoms with E-state index in [0.717, 1.165) is 11.1 Å². The highest BCUT2D eigenvalue weighted by atomic mass is 16.5. The van der Waals surface area contributed by atoms with Crippen molar-refractivity contribution in [3.63, 3.8) is 0 Å².